The molecular formula is C47H42ClFN4O6. The third-order valence-corrected chi connectivity index (χ3v) is 13.9. The van der Waals surface area contributed by atoms with Gasteiger partial charge in [-0.05, 0) is 103 Å². The second kappa shape index (κ2) is 14.5. The maximum Gasteiger partial charge on any atom is 0.260 e. The van der Waals surface area contributed by atoms with Crippen molar-refractivity contribution in [2.24, 2.45) is 29.6 Å². The molecule has 4 aromatic carbocycles. The van der Waals surface area contributed by atoms with Crippen LogP contribution in [0.15, 0.2) is 121 Å². The van der Waals surface area contributed by atoms with Crippen molar-refractivity contribution >= 4 is 40.9 Å². The number of imide groups is 2. The number of carbonyl (C=O) groups excluding carboxylic acids is 4. The molecule has 10 rings (SSSR count). The van der Waals surface area contributed by atoms with Gasteiger partial charge in [-0.1, -0.05) is 65.7 Å². The number of aromatic hydroxyl groups is 1. The average Bonchev–Trinajstić information content (AvgIpc) is 3.62. The first kappa shape index (κ1) is 37.5. The van der Waals surface area contributed by atoms with E-state index in [1.165, 1.54) is 34.7 Å². The summed E-state index contributed by atoms with van der Waals surface area (Å²) in [5.41, 5.74) is 5.83. The van der Waals surface area contributed by atoms with E-state index in [-0.39, 0.29) is 30.0 Å². The lowest BCUT2D eigenvalue weighted by molar-refractivity contribution is -0.144. The number of phenols is 1. The van der Waals surface area contributed by atoms with Crippen molar-refractivity contribution in [2.45, 2.75) is 50.1 Å². The van der Waals surface area contributed by atoms with Crippen LogP contribution in [-0.2, 0) is 37.6 Å². The van der Waals surface area contributed by atoms with Gasteiger partial charge in [0, 0.05) is 48.6 Å². The van der Waals surface area contributed by atoms with E-state index in [4.69, 9.17) is 16.3 Å². The largest absolute Gasteiger partial charge is 0.508 e. The number of phenolic OH excluding ortho intramolecular Hbond substituents is 1. The monoisotopic (exact) mass is 812 g/mol. The zero-order valence-electron chi connectivity index (χ0n) is 32.1. The Morgan fingerprint density at radius 1 is 0.864 bits per heavy atom. The second-order valence-corrected chi connectivity index (χ2v) is 17.1. The zero-order chi connectivity index (χ0) is 40.6. The van der Waals surface area contributed by atoms with Crippen molar-refractivity contribution in [1.82, 2.24) is 14.8 Å². The second-order valence-electron chi connectivity index (χ2n) is 16.7. The van der Waals surface area contributed by atoms with Crippen LogP contribution in [0.2, 0.25) is 5.02 Å². The van der Waals surface area contributed by atoms with Crippen LogP contribution in [0.1, 0.15) is 42.4 Å². The Morgan fingerprint density at radius 3 is 2.36 bits per heavy atom. The molecule has 0 aromatic heterocycles. The van der Waals surface area contributed by atoms with Gasteiger partial charge in [-0.25, -0.2) is 4.39 Å². The van der Waals surface area contributed by atoms with Gasteiger partial charge in [0.2, 0.25) is 11.8 Å². The van der Waals surface area contributed by atoms with Crippen LogP contribution < -0.4 is 10.2 Å². The highest BCUT2D eigenvalue weighted by Gasteiger charge is 2.71. The minimum atomic E-state index is -1.52. The molecule has 2 aliphatic carbocycles. The number of likely N-dealkylation sites (tertiary alicyclic amines) is 2. The molecule has 4 aliphatic heterocycles. The van der Waals surface area contributed by atoms with Gasteiger partial charge in [-0.15, -0.1) is 0 Å². The summed E-state index contributed by atoms with van der Waals surface area (Å²) in [4.78, 5) is 63.7. The predicted octanol–water partition coefficient (Wildman–Crippen LogP) is 7.19. The van der Waals surface area contributed by atoms with Crippen LogP contribution in [0, 0.1) is 35.4 Å². The number of amides is 4. The fourth-order valence-electron chi connectivity index (χ4n) is 11.0. The van der Waals surface area contributed by atoms with Crippen molar-refractivity contribution in [3.8, 4) is 11.5 Å². The average molecular weight is 813 g/mol. The van der Waals surface area contributed by atoms with E-state index in [2.05, 4.69) is 22.5 Å². The number of fused-ring (bicyclic) bond motifs is 5. The summed E-state index contributed by atoms with van der Waals surface area (Å²) in [6.07, 6.45) is 5.77. The van der Waals surface area contributed by atoms with Crippen molar-refractivity contribution in [1.29, 1.82) is 0 Å². The van der Waals surface area contributed by atoms with Crippen molar-refractivity contribution < 1.29 is 33.4 Å². The quantitative estimate of drug-likeness (QED) is 0.149. The summed E-state index contributed by atoms with van der Waals surface area (Å²) >= 11 is 6.44. The topological polar surface area (TPSA) is 119 Å². The van der Waals surface area contributed by atoms with E-state index in [1.807, 2.05) is 24.3 Å². The maximum absolute atomic E-state index is 15.5. The molecule has 4 fully saturated rings. The Hall–Kier alpha value is -5.78. The molecule has 10 nitrogen and oxygen atoms in total. The van der Waals surface area contributed by atoms with Crippen LogP contribution in [0.5, 0.6) is 11.5 Å². The van der Waals surface area contributed by atoms with E-state index >= 15 is 4.79 Å². The molecule has 0 spiro atoms. The number of hydrazine groups is 1. The van der Waals surface area contributed by atoms with E-state index in [0.717, 1.165) is 30.2 Å². The lowest BCUT2D eigenvalue weighted by Gasteiger charge is -2.51. The Labute approximate surface area is 345 Å². The molecule has 2 N–H and O–H groups in total. The summed E-state index contributed by atoms with van der Waals surface area (Å²) in [5.74, 6) is -4.80. The predicted molar refractivity (Wildman–Crippen MR) is 217 cm³/mol. The number of piperidine rings is 1. The van der Waals surface area contributed by atoms with E-state index in [9.17, 15) is 23.9 Å². The molecule has 6 aliphatic rings. The fraction of sp³-hybridized carbons (Fsp3) is 0.319. The first-order chi connectivity index (χ1) is 28.6. The Balaban J connectivity index is 1.05. The van der Waals surface area contributed by atoms with Gasteiger partial charge in [-0.3, -0.25) is 34.4 Å². The van der Waals surface area contributed by atoms with Crippen LogP contribution in [-0.4, -0.2) is 62.7 Å². The zero-order valence-corrected chi connectivity index (χ0v) is 32.9. The van der Waals surface area contributed by atoms with Crippen LogP contribution in [0.3, 0.4) is 0 Å². The number of nitrogens with zero attached hydrogens (tertiary/aromatic N) is 3. The fourth-order valence-corrected chi connectivity index (χ4v) is 11.2. The Kier molecular flexibility index (Phi) is 9.21. The molecule has 6 unspecified atom stereocenters. The number of nitrogens with one attached hydrogen (secondary N) is 1. The smallest absolute Gasteiger partial charge is 0.260 e. The SMILES string of the molecule is O=C1C2CC3C(=CCC4C(=O)N(C5CCN(Cc6ccccc6)CC5)C(=O)C43)C(C3=COc4ccc(O)cc4C3)C2(c2ccc(Cl)cc2)C(=O)N1Nc1ccc(F)cc1. The van der Waals surface area contributed by atoms with Gasteiger partial charge in [-0.2, -0.15) is 5.01 Å². The number of anilines is 1. The molecule has 1 saturated carbocycles. The third-order valence-electron chi connectivity index (χ3n) is 13.6. The molecule has 59 heavy (non-hydrogen) atoms. The highest BCUT2D eigenvalue weighted by molar-refractivity contribution is 6.30. The van der Waals surface area contributed by atoms with Gasteiger partial charge in [0.1, 0.15) is 17.3 Å². The van der Waals surface area contributed by atoms with E-state index in [0.29, 0.717) is 58.8 Å². The van der Waals surface area contributed by atoms with Gasteiger partial charge >= 0.3 is 0 Å². The number of rotatable bonds is 7. The number of benzene rings is 4. The molecule has 300 valence electrons. The number of allylic oxidation sites excluding steroid dienone is 3. The number of hydrogen-bond acceptors (Lipinski definition) is 8. The van der Waals surface area contributed by atoms with Crippen molar-refractivity contribution in [3.63, 3.8) is 0 Å². The lowest BCUT2D eigenvalue weighted by Crippen LogP contribution is -2.55. The summed E-state index contributed by atoms with van der Waals surface area (Å²) < 4.78 is 20.2. The molecular weight excluding hydrogens is 771 g/mol. The number of halogens is 2. The number of hydrogen-bond donors (Lipinski definition) is 2. The van der Waals surface area contributed by atoms with Gasteiger partial charge in [0.25, 0.3) is 11.8 Å². The van der Waals surface area contributed by atoms with Crippen LogP contribution in [0.25, 0.3) is 0 Å². The molecule has 4 aromatic rings. The third kappa shape index (κ3) is 6.08. The highest BCUT2D eigenvalue weighted by atomic mass is 35.5. The van der Waals surface area contributed by atoms with E-state index in [1.54, 1.807) is 48.7 Å². The normalized spacial score (nSPS) is 28.0. The molecule has 6 atom stereocenters. The standard InChI is InChI=1S/C47H42ClFN4O6/c48-31-8-6-30(7-9-31)47-39(44(56)53(46(47)58)50-33-12-10-32(49)11-13-33)24-38-36(42(47)29-22-28-23-35(54)14-17-40(28)59-26-29)15-16-37-41(38)45(57)52(43(37)55)34-18-20-51(21-19-34)25-27-4-2-1-3-5-27/h1-15,17,23,26,34,37-39,41-42,50,54H,16,18-22,24-25H2. The van der Waals surface area contributed by atoms with E-state index < -0.39 is 52.6 Å². The van der Waals surface area contributed by atoms with Gasteiger partial charge in [0.05, 0.1) is 35.1 Å². The summed E-state index contributed by atoms with van der Waals surface area (Å²) in [7, 11) is 0. The summed E-state index contributed by atoms with van der Waals surface area (Å²) in [5, 5.41) is 12.0. The van der Waals surface area contributed by atoms with Crippen LogP contribution >= 0.6 is 11.6 Å². The number of ether oxygens (including phenoxy) is 1. The Morgan fingerprint density at radius 2 is 1.61 bits per heavy atom. The van der Waals surface area contributed by atoms with Crippen molar-refractivity contribution in [2.75, 3.05) is 18.5 Å². The maximum atomic E-state index is 15.5. The minimum absolute atomic E-state index is 0.0583. The summed E-state index contributed by atoms with van der Waals surface area (Å²) in [6, 6.07) is 27.3. The highest BCUT2D eigenvalue weighted by Crippen LogP contribution is 2.63. The van der Waals surface area contributed by atoms with Gasteiger partial charge in [0.15, 0.2) is 0 Å². The first-order valence-corrected chi connectivity index (χ1v) is 20.7. The minimum Gasteiger partial charge on any atom is -0.508 e. The Bertz CT molecular complexity index is 2430. The lowest BCUT2D eigenvalue weighted by atomic mass is 9.48. The molecule has 3 saturated heterocycles. The van der Waals surface area contributed by atoms with Crippen molar-refractivity contribution in [3.05, 3.63) is 148 Å². The molecule has 0 radical (unpaired) electrons. The first-order valence-electron chi connectivity index (χ1n) is 20.3. The molecule has 4 heterocycles. The van der Waals surface area contributed by atoms with Gasteiger partial charge < -0.3 is 9.84 Å². The summed E-state index contributed by atoms with van der Waals surface area (Å²) in [6.45, 7) is 2.31. The molecule has 0 bridgehead atoms. The molecule has 12 heteroatoms. The van der Waals surface area contributed by atoms with Crippen LogP contribution in [0.4, 0.5) is 10.1 Å². The number of carbonyl (C=O) groups is 4. The molecule has 4 amide bonds.